The van der Waals surface area contributed by atoms with Crippen LogP contribution in [0, 0.1) is 13.8 Å². The molecule has 110 valence electrons. The maximum Gasteiger partial charge on any atom is 0.200 e. The topological polar surface area (TPSA) is 69.9 Å². The Morgan fingerprint density at radius 3 is 2.76 bits per heavy atom. The molecule has 0 unspecified atom stereocenters. The van der Waals surface area contributed by atoms with Gasteiger partial charge in [0.2, 0.25) is 0 Å². The van der Waals surface area contributed by atoms with Gasteiger partial charge in [0.25, 0.3) is 0 Å². The lowest BCUT2D eigenvalue weighted by Crippen LogP contribution is -1.99. The molecule has 0 saturated heterocycles. The van der Waals surface area contributed by atoms with Gasteiger partial charge in [0.05, 0.1) is 12.0 Å². The number of rotatable bonds is 5. The molecule has 3 aromatic rings. The van der Waals surface area contributed by atoms with Crippen LogP contribution in [0.15, 0.2) is 32.4 Å². The number of nitrogens with zero attached hydrogens (tertiary/aromatic N) is 4. The third-order valence-corrected chi connectivity index (χ3v) is 4.09. The Bertz CT molecular complexity index is 730. The van der Waals surface area contributed by atoms with E-state index in [2.05, 4.69) is 22.1 Å². The molecule has 0 radical (unpaired) electrons. The van der Waals surface area contributed by atoms with Gasteiger partial charge in [0, 0.05) is 19.2 Å². The number of hydrogen-bond acceptors (Lipinski definition) is 6. The Hall–Kier alpha value is -2.02. The van der Waals surface area contributed by atoms with Gasteiger partial charge in [0.1, 0.15) is 5.76 Å². The van der Waals surface area contributed by atoms with E-state index in [1.165, 1.54) is 0 Å². The highest BCUT2D eigenvalue weighted by Crippen LogP contribution is 2.27. The van der Waals surface area contributed by atoms with Crippen LogP contribution in [0.3, 0.4) is 0 Å². The van der Waals surface area contributed by atoms with Gasteiger partial charge < -0.3 is 8.83 Å². The number of furan rings is 1. The monoisotopic (exact) mass is 304 g/mol. The summed E-state index contributed by atoms with van der Waals surface area (Å²) in [5, 5.41) is 9.33. The van der Waals surface area contributed by atoms with Crippen LogP contribution in [0.4, 0.5) is 0 Å². The van der Waals surface area contributed by atoms with E-state index in [-0.39, 0.29) is 0 Å². The van der Waals surface area contributed by atoms with Crippen molar-refractivity contribution in [1.82, 2.24) is 19.7 Å². The summed E-state index contributed by atoms with van der Waals surface area (Å²) < 4.78 is 12.9. The Morgan fingerprint density at radius 2 is 2.14 bits per heavy atom. The largest absolute Gasteiger partial charge is 0.461 e. The zero-order valence-electron chi connectivity index (χ0n) is 12.2. The van der Waals surface area contributed by atoms with Crippen molar-refractivity contribution in [2.45, 2.75) is 38.2 Å². The zero-order chi connectivity index (χ0) is 14.8. The third-order valence-electron chi connectivity index (χ3n) is 3.11. The molecular weight excluding hydrogens is 288 g/mol. The van der Waals surface area contributed by atoms with Crippen LogP contribution >= 0.6 is 11.8 Å². The van der Waals surface area contributed by atoms with Gasteiger partial charge in [-0.15, -0.1) is 10.2 Å². The van der Waals surface area contributed by atoms with Crippen LogP contribution in [-0.2, 0) is 12.3 Å². The first-order chi connectivity index (χ1) is 10.2. The van der Waals surface area contributed by atoms with E-state index >= 15 is 0 Å². The van der Waals surface area contributed by atoms with Crippen LogP contribution in [0.1, 0.15) is 24.3 Å². The Kier molecular flexibility index (Phi) is 3.83. The van der Waals surface area contributed by atoms with E-state index < -0.39 is 0 Å². The van der Waals surface area contributed by atoms with Crippen molar-refractivity contribution in [2.24, 2.45) is 0 Å². The SMILES string of the molecule is CCn1c(SCc2nc(C)oc2C)nnc1-c1ccco1. The number of thioether (sulfide) groups is 1. The molecule has 3 heterocycles. The fourth-order valence-electron chi connectivity index (χ4n) is 2.11. The van der Waals surface area contributed by atoms with Crippen LogP contribution in [0.2, 0.25) is 0 Å². The molecule has 3 rings (SSSR count). The molecule has 3 aromatic heterocycles. The van der Waals surface area contributed by atoms with Crippen LogP contribution in [-0.4, -0.2) is 19.7 Å². The molecule has 0 aliphatic heterocycles. The van der Waals surface area contributed by atoms with E-state index in [0.717, 1.165) is 34.7 Å². The molecular formula is C14H16N4O2S. The van der Waals surface area contributed by atoms with Crippen molar-refractivity contribution < 1.29 is 8.83 Å². The summed E-state index contributed by atoms with van der Waals surface area (Å²) in [5.74, 6) is 3.73. The van der Waals surface area contributed by atoms with Crippen LogP contribution in [0.5, 0.6) is 0 Å². The molecule has 0 aliphatic carbocycles. The summed E-state index contributed by atoms with van der Waals surface area (Å²) in [7, 11) is 0. The Balaban J connectivity index is 1.81. The van der Waals surface area contributed by atoms with Gasteiger partial charge in [-0.25, -0.2) is 4.98 Å². The molecule has 21 heavy (non-hydrogen) atoms. The molecule has 0 atom stereocenters. The highest BCUT2D eigenvalue weighted by Gasteiger charge is 2.16. The first-order valence-electron chi connectivity index (χ1n) is 6.71. The summed E-state index contributed by atoms with van der Waals surface area (Å²) in [6.45, 7) is 6.62. The molecule has 0 aliphatic rings. The maximum atomic E-state index is 5.44. The molecule has 0 aromatic carbocycles. The number of oxazole rings is 1. The van der Waals surface area contributed by atoms with Crippen molar-refractivity contribution in [2.75, 3.05) is 0 Å². The summed E-state index contributed by atoms with van der Waals surface area (Å²) in [6.07, 6.45) is 1.64. The summed E-state index contributed by atoms with van der Waals surface area (Å²) >= 11 is 1.60. The zero-order valence-corrected chi connectivity index (χ0v) is 13.0. The molecule has 0 fully saturated rings. The van der Waals surface area contributed by atoms with Gasteiger partial charge in [0.15, 0.2) is 22.6 Å². The number of aromatic nitrogens is 4. The van der Waals surface area contributed by atoms with Crippen molar-refractivity contribution in [3.8, 4) is 11.6 Å². The minimum atomic E-state index is 0.691. The molecule has 0 saturated carbocycles. The highest BCUT2D eigenvalue weighted by atomic mass is 32.2. The average Bonchev–Trinajstić information content (AvgIpc) is 3.15. The van der Waals surface area contributed by atoms with Gasteiger partial charge in [-0.1, -0.05) is 11.8 Å². The molecule has 0 spiro atoms. The summed E-state index contributed by atoms with van der Waals surface area (Å²) in [4.78, 5) is 4.37. The lowest BCUT2D eigenvalue weighted by molar-refractivity contribution is 0.493. The minimum absolute atomic E-state index is 0.691. The van der Waals surface area contributed by atoms with E-state index in [1.807, 2.05) is 30.5 Å². The smallest absolute Gasteiger partial charge is 0.200 e. The number of aryl methyl sites for hydroxylation is 2. The first-order valence-corrected chi connectivity index (χ1v) is 7.70. The second-order valence-electron chi connectivity index (χ2n) is 4.55. The summed E-state index contributed by atoms with van der Waals surface area (Å²) in [6, 6.07) is 3.73. The molecule has 6 nitrogen and oxygen atoms in total. The molecule has 0 bridgehead atoms. The molecule has 0 N–H and O–H groups in total. The van der Waals surface area contributed by atoms with Gasteiger partial charge in [-0.2, -0.15) is 0 Å². The second-order valence-corrected chi connectivity index (χ2v) is 5.49. The van der Waals surface area contributed by atoms with E-state index in [0.29, 0.717) is 11.6 Å². The van der Waals surface area contributed by atoms with Crippen molar-refractivity contribution >= 4 is 11.8 Å². The van der Waals surface area contributed by atoms with E-state index in [9.17, 15) is 0 Å². The quantitative estimate of drug-likeness (QED) is 0.672. The van der Waals surface area contributed by atoms with Gasteiger partial charge >= 0.3 is 0 Å². The lowest BCUT2D eigenvalue weighted by atomic mass is 10.4. The Labute approximate surface area is 126 Å². The average molecular weight is 304 g/mol. The van der Waals surface area contributed by atoms with Gasteiger partial charge in [-0.3, -0.25) is 4.57 Å². The van der Waals surface area contributed by atoms with Crippen molar-refractivity contribution in [1.29, 1.82) is 0 Å². The standard InChI is InChI=1S/C14H16N4O2S/c1-4-18-13(12-6-5-7-19-12)16-17-14(18)21-8-11-9(2)20-10(3)15-11/h5-7H,4,8H2,1-3H3. The fourth-order valence-corrected chi connectivity index (χ4v) is 3.11. The fraction of sp³-hybridized carbons (Fsp3) is 0.357. The van der Waals surface area contributed by atoms with Crippen LogP contribution < -0.4 is 0 Å². The maximum absolute atomic E-state index is 5.44. The van der Waals surface area contributed by atoms with Crippen LogP contribution in [0.25, 0.3) is 11.6 Å². The minimum Gasteiger partial charge on any atom is -0.461 e. The lowest BCUT2D eigenvalue weighted by Gasteiger charge is -2.04. The Morgan fingerprint density at radius 1 is 1.29 bits per heavy atom. The predicted molar refractivity (Wildman–Crippen MR) is 78.9 cm³/mol. The normalized spacial score (nSPS) is 11.2. The first kappa shape index (κ1) is 13.9. The highest BCUT2D eigenvalue weighted by molar-refractivity contribution is 7.98. The van der Waals surface area contributed by atoms with Crippen molar-refractivity contribution in [3.63, 3.8) is 0 Å². The number of hydrogen-bond donors (Lipinski definition) is 0. The third kappa shape index (κ3) is 2.73. The second kappa shape index (κ2) is 5.77. The van der Waals surface area contributed by atoms with E-state index in [1.54, 1.807) is 18.0 Å². The predicted octanol–water partition coefficient (Wildman–Crippen LogP) is 3.46. The van der Waals surface area contributed by atoms with Crippen molar-refractivity contribution in [3.05, 3.63) is 35.7 Å². The van der Waals surface area contributed by atoms with E-state index in [4.69, 9.17) is 8.83 Å². The molecule has 0 amide bonds. The molecule has 7 heteroatoms. The summed E-state index contributed by atoms with van der Waals surface area (Å²) in [5.41, 5.74) is 0.947. The van der Waals surface area contributed by atoms with Gasteiger partial charge in [-0.05, 0) is 26.0 Å².